The zero-order valence-electron chi connectivity index (χ0n) is 13.2. The molecule has 1 N–H and O–H groups in total. The van der Waals surface area contributed by atoms with Crippen molar-refractivity contribution in [2.45, 2.75) is 58.5 Å². The zero-order valence-corrected chi connectivity index (χ0v) is 13.2. The SMILES string of the molecule is CCCNc1ccc(CN(C)C2CCC(C)CC2)cn1. The van der Waals surface area contributed by atoms with E-state index < -0.39 is 0 Å². The third kappa shape index (κ3) is 4.48. The molecule has 0 amide bonds. The molecule has 0 bridgehead atoms. The van der Waals surface area contributed by atoms with Gasteiger partial charge in [0.15, 0.2) is 0 Å². The maximum absolute atomic E-state index is 4.49. The summed E-state index contributed by atoms with van der Waals surface area (Å²) >= 11 is 0. The average molecular weight is 275 g/mol. The van der Waals surface area contributed by atoms with Crippen molar-refractivity contribution in [1.29, 1.82) is 0 Å². The molecule has 0 radical (unpaired) electrons. The fraction of sp³-hybridized carbons (Fsp3) is 0.706. The highest BCUT2D eigenvalue weighted by molar-refractivity contribution is 5.35. The largest absolute Gasteiger partial charge is 0.370 e. The van der Waals surface area contributed by atoms with Crippen LogP contribution in [-0.4, -0.2) is 29.5 Å². The molecule has 1 aromatic heterocycles. The van der Waals surface area contributed by atoms with Gasteiger partial charge < -0.3 is 5.32 Å². The molecule has 1 aromatic rings. The highest BCUT2D eigenvalue weighted by Crippen LogP contribution is 2.27. The number of nitrogens with one attached hydrogen (secondary N) is 1. The van der Waals surface area contributed by atoms with Crippen molar-refractivity contribution in [2.24, 2.45) is 5.92 Å². The predicted molar refractivity (Wildman–Crippen MR) is 85.9 cm³/mol. The number of pyridine rings is 1. The van der Waals surface area contributed by atoms with E-state index in [4.69, 9.17) is 0 Å². The molecule has 0 spiro atoms. The van der Waals surface area contributed by atoms with Gasteiger partial charge in [-0.2, -0.15) is 0 Å². The molecule has 3 nitrogen and oxygen atoms in total. The van der Waals surface area contributed by atoms with Gasteiger partial charge in [-0.3, -0.25) is 4.90 Å². The smallest absolute Gasteiger partial charge is 0.125 e. The molecule has 0 unspecified atom stereocenters. The van der Waals surface area contributed by atoms with Crippen LogP contribution < -0.4 is 5.32 Å². The summed E-state index contributed by atoms with van der Waals surface area (Å²) in [6, 6.07) is 5.05. The predicted octanol–water partition coefficient (Wildman–Crippen LogP) is 3.91. The van der Waals surface area contributed by atoms with Crippen LogP contribution in [0.5, 0.6) is 0 Å². The molecule has 1 saturated carbocycles. The molecule has 20 heavy (non-hydrogen) atoms. The summed E-state index contributed by atoms with van der Waals surface area (Å²) < 4.78 is 0. The normalized spacial score (nSPS) is 23.0. The highest BCUT2D eigenvalue weighted by Gasteiger charge is 2.21. The van der Waals surface area contributed by atoms with Gasteiger partial charge in [-0.25, -0.2) is 4.98 Å². The number of hydrogen-bond donors (Lipinski definition) is 1. The lowest BCUT2D eigenvalue weighted by molar-refractivity contribution is 0.164. The summed E-state index contributed by atoms with van der Waals surface area (Å²) in [5, 5.41) is 3.32. The summed E-state index contributed by atoms with van der Waals surface area (Å²) in [4.78, 5) is 6.99. The number of nitrogens with zero attached hydrogens (tertiary/aromatic N) is 2. The van der Waals surface area contributed by atoms with Crippen LogP contribution in [0.2, 0.25) is 0 Å². The van der Waals surface area contributed by atoms with Crippen molar-refractivity contribution in [3.63, 3.8) is 0 Å². The van der Waals surface area contributed by atoms with E-state index in [0.29, 0.717) is 0 Å². The lowest BCUT2D eigenvalue weighted by Gasteiger charge is -2.33. The Morgan fingerprint density at radius 1 is 1.25 bits per heavy atom. The first-order valence-electron chi connectivity index (χ1n) is 8.08. The minimum atomic E-state index is 0.754. The van der Waals surface area contributed by atoms with Gasteiger partial charge in [0.1, 0.15) is 5.82 Å². The van der Waals surface area contributed by atoms with Gasteiger partial charge in [0, 0.05) is 25.3 Å². The molecular formula is C17H29N3. The molecule has 1 heterocycles. The second-order valence-corrected chi connectivity index (χ2v) is 6.31. The Kier molecular flexibility index (Phi) is 5.84. The molecule has 0 aromatic carbocycles. The molecule has 2 rings (SSSR count). The first-order valence-corrected chi connectivity index (χ1v) is 8.08. The van der Waals surface area contributed by atoms with Crippen LogP contribution >= 0.6 is 0 Å². The Hall–Kier alpha value is -1.09. The number of anilines is 1. The van der Waals surface area contributed by atoms with Crippen molar-refractivity contribution in [1.82, 2.24) is 9.88 Å². The summed E-state index contributed by atoms with van der Waals surface area (Å²) in [5.41, 5.74) is 1.31. The van der Waals surface area contributed by atoms with E-state index in [9.17, 15) is 0 Å². The van der Waals surface area contributed by atoms with Gasteiger partial charge in [0.25, 0.3) is 0 Å². The van der Waals surface area contributed by atoms with Gasteiger partial charge in [0.2, 0.25) is 0 Å². The minimum absolute atomic E-state index is 0.754. The Morgan fingerprint density at radius 3 is 2.60 bits per heavy atom. The fourth-order valence-corrected chi connectivity index (χ4v) is 2.98. The van der Waals surface area contributed by atoms with Crippen LogP contribution in [0.25, 0.3) is 0 Å². The van der Waals surface area contributed by atoms with Gasteiger partial charge in [0.05, 0.1) is 0 Å². The Balaban J connectivity index is 1.83. The molecule has 0 saturated heterocycles. The summed E-state index contributed by atoms with van der Waals surface area (Å²) in [7, 11) is 2.25. The van der Waals surface area contributed by atoms with E-state index in [2.05, 4.69) is 48.2 Å². The fourth-order valence-electron chi connectivity index (χ4n) is 2.98. The maximum atomic E-state index is 4.49. The quantitative estimate of drug-likeness (QED) is 0.853. The van der Waals surface area contributed by atoms with Crippen molar-refractivity contribution >= 4 is 5.82 Å². The number of hydrogen-bond acceptors (Lipinski definition) is 3. The van der Waals surface area contributed by atoms with Crippen molar-refractivity contribution < 1.29 is 0 Å². The maximum Gasteiger partial charge on any atom is 0.125 e. The topological polar surface area (TPSA) is 28.2 Å². The van der Waals surface area contributed by atoms with Crippen molar-refractivity contribution in [3.05, 3.63) is 23.9 Å². The van der Waals surface area contributed by atoms with Crippen molar-refractivity contribution in [2.75, 3.05) is 18.9 Å². The van der Waals surface area contributed by atoms with Gasteiger partial charge in [-0.15, -0.1) is 0 Å². The van der Waals surface area contributed by atoms with E-state index in [-0.39, 0.29) is 0 Å². The molecule has 3 heteroatoms. The van der Waals surface area contributed by atoms with E-state index >= 15 is 0 Å². The second-order valence-electron chi connectivity index (χ2n) is 6.31. The average Bonchev–Trinajstić information content (AvgIpc) is 2.47. The van der Waals surface area contributed by atoms with Crippen LogP contribution in [0.1, 0.15) is 51.5 Å². The molecule has 0 aliphatic heterocycles. The zero-order chi connectivity index (χ0) is 14.4. The molecule has 112 valence electrons. The molecule has 1 aliphatic carbocycles. The standard InChI is InChI=1S/C17H29N3/c1-4-11-18-17-10-7-15(12-19-17)13-20(3)16-8-5-14(2)6-9-16/h7,10,12,14,16H,4-6,8-9,11,13H2,1-3H3,(H,18,19). The number of rotatable bonds is 6. The third-order valence-corrected chi connectivity index (χ3v) is 4.42. The van der Waals surface area contributed by atoms with Crippen LogP contribution in [0.4, 0.5) is 5.82 Å². The first kappa shape index (κ1) is 15.3. The van der Waals surface area contributed by atoms with Gasteiger partial charge in [-0.1, -0.05) is 19.9 Å². The third-order valence-electron chi connectivity index (χ3n) is 4.42. The second kappa shape index (κ2) is 7.63. The summed E-state index contributed by atoms with van der Waals surface area (Å²) in [5.74, 6) is 1.91. The van der Waals surface area contributed by atoms with E-state index in [1.54, 1.807) is 0 Å². The van der Waals surface area contributed by atoms with E-state index in [0.717, 1.165) is 37.3 Å². The number of aromatic nitrogens is 1. The summed E-state index contributed by atoms with van der Waals surface area (Å²) in [6.45, 7) is 6.55. The van der Waals surface area contributed by atoms with Crippen LogP contribution in [0.15, 0.2) is 18.3 Å². The van der Waals surface area contributed by atoms with E-state index in [1.165, 1.54) is 31.2 Å². The van der Waals surface area contributed by atoms with Gasteiger partial charge in [-0.05, 0) is 56.7 Å². The van der Waals surface area contributed by atoms with Crippen molar-refractivity contribution in [3.8, 4) is 0 Å². The van der Waals surface area contributed by atoms with Crippen LogP contribution in [0.3, 0.4) is 0 Å². The first-order chi connectivity index (χ1) is 9.69. The molecular weight excluding hydrogens is 246 g/mol. The Labute approximate surface area is 123 Å². The van der Waals surface area contributed by atoms with Gasteiger partial charge >= 0.3 is 0 Å². The highest BCUT2D eigenvalue weighted by atomic mass is 15.1. The Morgan fingerprint density at radius 2 is 2.00 bits per heavy atom. The molecule has 0 atom stereocenters. The lowest BCUT2D eigenvalue weighted by Crippen LogP contribution is -2.34. The van der Waals surface area contributed by atoms with Crippen LogP contribution in [-0.2, 0) is 6.54 Å². The lowest BCUT2D eigenvalue weighted by atomic mass is 9.86. The monoisotopic (exact) mass is 275 g/mol. The Bertz CT molecular complexity index is 380. The van der Waals surface area contributed by atoms with Crippen LogP contribution in [0, 0.1) is 5.92 Å². The molecule has 1 aliphatic rings. The molecule has 1 fully saturated rings. The summed E-state index contributed by atoms with van der Waals surface area (Å²) in [6.07, 6.45) is 8.61. The minimum Gasteiger partial charge on any atom is -0.370 e. The van der Waals surface area contributed by atoms with E-state index in [1.807, 2.05) is 6.20 Å².